The maximum Gasteiger partial charge on any atom is 0.335 e. The first-order chi connectivity index (χ1) is 10.1. The zero-order valence-corrected chi connectivity index (χ0v) is 12.2. The van der Waals surface area contributed by atoms with Crippen molar-refractivity contribution in [1.29, 1.82) is 0 Å². The van der Waals surface area contributed by atoms with E-state index in [0.29, 0.717) is 19.6 Å². The van der Waals surface area contributed by atoms with Crippen LogP contribution in [-0.2, 0) is 16.0 Å². The van der Waals surface area contributed by atoms with Crippen molar-refractivity contribution in [3.05, 3.63) is 35.4 Å². The van der Waals surface area contributed by atoms with Crippen molar-refractivity contribution in [3.63, 3.8) is 0 Å². The Morgan fingerprint density at radius 3 is 2.95 bits per heavy atom. The molecule has 114 valence electrons. The highest BCUT2D eigenvalue weighted by atomic mass is 16.5. The van der Waals surface area contributed by atoms with Gasteiger partial charge in [0.05, 0.1) is 11.7 Å². The Morgan fingerprint density at radius 1 is 1.43 bits per heavy atom. The van der Waals surface area contributed by atoms with Crippen LogP contribution in [0.5, 0.6) is 0 Å². The van der Waals surface area contributed by atoms with Crippen LogP contribution in [0, 0.1) is 5.92 Å². The SMILES string of the molecule is C[C@@H]1C[C@@H](C(=O)NCCc2cccc(C(=O)O)c2)CCO1. The first-order valence-electron chi connectivity index (χ1n) is 7.28. The van der Waals surface area contributed by atoms with Crippen molar-refractivity contribution in [3.8, 4) is 0 Å². The zero-order chi connectivity index (χ0) is 15.2. The number of hydrogen-bond acceptors (Lipinski definition) is 3. The molecule has 5 nitrogen and oxygen atoms in total. The number of carbonyl (C=O) groups is 2. The van der Waals surface area contributed by atoms with Gasteiger partial charge in [0.2, 0.25) is 5.91 Å². The smallest absolute Gasteiger partial charge is 0.335 e. The van der Waals surface area contributed by atoms with Crippen LogP contribution in [0.1, 0.15) is 35.7 Å². The van der Waals surface area contributed by atoms with Crippen LogP contribution in [-0.4, -0.2) is 36.2 Å². The van der Waals surface area contributed by atoms with E-state index in [1.807, 2.05) is 13.0 Å². The molecule has 0 unspecified atom stereocenters. The maximum absolute atomic E-state index is 12.0. The van der Waals surface area contributed by atoms with Crippen molar-refractivity contribution >= 4 is 11.9 Å². The second kappa shape index (κ2) is 7.22. The van der Waals surface area contributed by atoms with Crippen LogP contribution in [0.3, 0.4) is 0 Å². The number of carboxylic acids is 1. The Labute approximate surface area is 124 Å². The standard InChI is InChI=1S/C16H21NO4/c1-11-9-13(6-8-21-11)15(18)17-7-5-12-3-2-4-14(10-12)16(19)20/h2-4,10-11,13H,5-9H2,1H3,(H,17,18)(H,19,20)/t11-,13+/m1/s1. The molecular formula is C16H21NO4. The van der Waals surface area contributed by atoms with E-state index >= 15 is 0 Å². The fourth-order valence-corrected chi connectivity index (χ4v) is 2.57. The number of carbonyl (C=O) groups excluding carboxylic acids is 1. The molecule has 1 aromatic rings. The summed E-state index contributed by atoms with van der Waals surface area (Å²) in [4.78, 5) is 22.9. The van der Waals surface area contributed by atoms with Gasteiger partial charge in [-0.15, -0.1) is 0 Å². The van der Waals surface area contributed by atoms with Gasteiger partial charge in [-0.05, 0) is 43.9 Å². The number of ether oxygens (including phenoxy) is 1. The average Bonchev–Trinajstić information content (AvgIpc) is 2.47. The molecule has 0 radical (unpaired) electrons. The third-order valence-electron chi connectivity index (χ3n) is 3.74. The van der Waals surface area contributed by atoms with Crippen LogP contribution in [0.4, 0.5) is 0 Å². The topological polar surface area (TPSA) is 75.6 Å². The molecule has 0 spiro atoms. The minimum absolute atomic E-state index is 0.0269. The normalized spacial score (nSPS) is 21.8. The number of nitrogens with one attached hydrogen (secondary N) is 1. The third-order valence-corrected chi connectivity index (χ3v) is 3.74. The van der Waals surface area contributed by atoms with Gasteiger partial charge < -0.3 is 15.2 Å². The van der Waals surface area contributed by atoms with E-state index in [1.54, 1.807) is 18.2 Å². The van der Waals surface area contributed by atoms with Crippen molar-refractivity contribution < 1.29 is 19.4 Å². The van der Waals surface area contributed by atoms with Crippen LogP contribution >= 0.6 is 0 Å². The average molecular weight is 291 g/mol. The van der Waals surface area contributed by atoms with Crippen molar-refractivity contribution in [1.82, 2.24) is 5.32 Å². The number of amides is 1. The number of carboxylic acid groups (broad SMARTS) is 1. The lowest BCUT2D eigenvalue weighted by Gasteiger charge is -2.26. The fourth-order valence-electron chi connectivity index (χ4n) is 2.57. The maximum atomic E-state index is 12.0. The van der Waals surface area contributed by atoms with Gasteiger partial charge in [-0.1, -0.05) is 12.1 Å². The largest absolute Gasteiger partial charge is 0.478 e. The summed E-state index contributed by atoms with van der Waals surface area (Å²) >= 11 is 0. The number of benzene rings is 1. The molecule has 1 aliphatic rings. The second-order valence-electron chi connectivity index (χ2n) is 5.45. The van der Waals surface area contributed by atoms with Crippen molar-refractivity contribution in [2.45, 2.75) is 32.3 Å². The molecule has 5 heteroatoms. The summed E-state index contributed by atoms with van der Waals surface area (Å²) in [6.07, 6.45) is 2.30. The summed E-state index contributed by atoms with van der Waals surface area (Å²) in [6.45, 7) is 3.14. The Kier molecular flexibility index (Phi) is 5.33. The van der Waals surface area contributed by atoms with E-state index in [9.17, 15) is 9.59 Å². The molecule has 1 heterocycles. The molecule has 1 aliphatic heterocycles. The second-order valence-corrected chi connectivity index (χ2v) is 5.45. The lowest BCUT2D eigenvalue weighted by Crippen LogP contribution is -2.37. The van der Waals surface area contributed by atoms with Gasteiger partial charge in [0.1, 0.15) is 0 Å². The summed E-state index contributed by atoms with van der Waals surface area (Å²) in [5.74, 6) is -0.837. The van der Waals surface area contributed by atoms with Gasteiger partial charge in [0.15, 0.2) is 0 Å². The summed E-state index contributed by atoms with van der Waals surface area (Å²) in [5.41, 5.74) is 1.19. The Hall–Kier alpha value is -1.88. The number of aromatic carboxylic acids is 1. The van der Waals surface area contributed by atoms with Crippen LogP contribution in [0.15, 0.2) is 24.3 Å². The minimum Gasteiger partial charge on any atom is -0.478 e. The molecule has 2 rings (SSSR count). The first-order valence-corrected chi connectivity index (χ1v) is 7.28. The van der Waals surface area contributed by atoms with Crippen molar-refractivity contribution in [2.75, 3.05) is 13.2 Å². The molecule has 1 saturated heterocycles. The van der Waals surface area contributed by atoms with Gasteiger partial charge in [0, 0.05) is 19.1 Å². The van der Waals surface area contributed by atoms with E-state index < -0.39 is 5.97 Å². The lowest BCUT2D eigenvalue weighted by molar-refractivity contribution is -0.129. The Balaban J connectivity index is 1.79. The summed E-state index contributed by atoms with van der Waals surface area (Å²) < 4.78 is 5.43. The number of rotatable bonds is 5. The lowest BCUT2D eigenvalue weighted by atomic mass is 9.95. The van der Waals surface area contributed by atoms with Gasteiger partial charge in [-0.3, -0.25) is 4.79 Å². The van der Waals surface area contributed by atoms with Gasteiger partial charge >= 0.3 is 5.97 Å². The molecule has 2 atom stereocenters. The van der Waals surface area contributed by atoms with Gasteiger partial charge in [-0.2, -0.15) is 0 Å². The Bertz CT molecular complexity index is 515. The number of hydrogen-bond donors (Lipinski definition) is 2. The van der Waals surface area contributed by atoms with Crippen LogP contribution in [0.25, 0.3) is 0 Å². The molecule has 1 amide bonds. The predicted molar refractivity (Wildman–Crippen MR) is 78.3 cm³/mol. The fraction of sp³-hybridized carbons (Fsp3) is 0.500. The molecule has 21 heavy (non-hydrogen) atoms. The molecule has 0 saturated carbocycles. The molecule has 1 fully saturated rings. The monoisotopic (exact) mass is 291 g/mol. The predicted octanol–water partition coefficient (Wildman–Crippen LogP) is 1.86. The Morgan fingerprint density at radius 2 is 2.24 bits per heavy atom. The van der Waals surface area contributed by atoms with E-state index in [-0.39, 0.29) is 23.5 Å². The molecule has 0 bridgehead atoms. The van der Waals surface area contributed by atoms with Crippen LogP contribution < -0.4 is 5.32 Å². The quantitative estimate of drug-likeness (QED) is 0.868. The highest BCUT2D eigenvalue weighted by Crippen LogP contribution is 2.19. The highest BCUT2D eigenvalue weighted by molar-refractivity contribution is 5.87. The van der Waals surface area contributed by atoms with Gasteiger partial charge in [-0.25, -0.2) is 4.79 Å². The summed E-state index contributed by atoms with van der Waals surface area (Å²) in [7, 11) is 0. The van der Waals surface area contributed by atoms with Crippen molar-refractivity contribution in [2.24, 2.45) is 5.92 Å². The summed E-state index contributed by atoms with van der Waals surface area (Å²) in [6, 6.07) is 6.80. The van der Waals surface area contributed by atoms with E-state index in [2.05, 4.69) is 5.32 Å². The third kappa shape index (κ3) is 4.56. The molecule has 2 N–H and O–H groups in total. The molecule has 0 aromatic heterocycles. The van der Waals surface area contributed by atoms with E-state index in [4.69, 9.17) is 9.84 Å². The van der Waals surface area contributed by atoms with Crippen LogP contribution in [0.2, 0.25) is 0 Å². The highest BCUT2D eigenvalue weighted by Gasteiger charge is 2.25. The first kappa shape index (κ1) is 15.5. The minimum atomic E-state index is -0.933. The zero-order valence-electron chi connectivity index (χ0n) is 12.2. The van der Waals surface area contributed by atoms with E-state index in [1.165, 1.54) is 0 Å². The molecule has 0 aliphatic carbocycles. The molecule has 1 aromatic carbocycles. The van der Waals surface area contributed by atoms with Gasteiger partial charge in [0.25, 0.3) is 0 Å². The van der Waals surface area contributed by atoms with E-state index in [0.717, 1.165) is 18.4 Å². The molecular weight excluding hydrogens is 270 g/mol. The summed E-state index contributed by atoms with van der Waals surface area (Å²) in [5, 5.41) is 11.9.